The number of hydrogen-bond donors (Lipinski definition) is 2. The first-order chi connectivity index (χ1) is 10.7. The highest BCUT2D eigenvalue weighted by molar-refractivity contribution is 14.0. The summed E-state index contributed by atoms with van der Waals surface area (Å²) in [4.78, 5) is 8.45. The third-order valence-corrected chi connectivity index (χ3v) is 3.28. The number of nitrogens with zero attached hydrogens (tertiary/aromatic N) is 2. The van der Waals surface area contributed by atoms with Crippen LogP contribution < -0.4 is 10.6 Å². The highest BCUT2D eigenvalue weighted by Crippen LogP contribution is 2.02. The normalized spacial score (nSPS) is 10.8. The summed E-state index contributed by atoms with van der Waals surface area (Å²) >= 11 is 0. The van der Waals surface area contributed by atoms with Crippen molar-refractivity contribution < 1.29 is 4.39 Å². The third kappa shape index (κ3) is 6.94. The van der Waals surface area contributed by atoms with Crippen molar-refractivity contribution in [3.8, 4) is 0 Å². The summed E-state index contributed by atoms with van der Waals surface area (Å²) in [6.07, 6.45) is 2.77. The molecule has 0 aliphatic rings. The second-order valence-corrected chi connectivity index (χ2v) is 5.04. The number of pyridine rings is 1. The number of aliphatic imine (C=N–C) groups is 1. The van der Waals surface area contributed by atoms with E-state index in [-0.39, 0.29) is 29.8 Å². The number of nitrogens with one attached hydrogen (secondary N) is 2. The maximum Gasteiger partial charge on any atom is 0.191 e. The Hall–Kier alpha value is -1.70. The fourth-order valence-corrected chi connectivity index (χ4v) is 1.98. The lowest BCUT2D eigenvalue weighted by Gasteiger charge is -2.12. The van der Waals surface area contributed by atoms with E-state index in [1.807, 2.05) is 19.2 Å². The maximum absolute atomic E-state index is 12.8. The Morgan fingerprint density at radius 1 is 1.09 bits per heavy atom. The van der Waals surface area contributed by atoms with Crippen molar-refractivity contribution in [2.45, 2.75) is 19.9 Å². The molecule has 1 heterocycles. The molecule has 23 heavy (non-hydrogen) atoms. The lowest BCUT2D eigenvalue weighted by atomic mass is 10.2. The number of benzene rings is 1. The van der Waals surface area contributed by atoms with Crippen LogP contribution in [0.15, 0.2) is 47.6 Å². The smallest absolute Gasteiger partial charge is 0.191 e. The molecule has 6 heteroatoms. The van der Waals surface area contributed by atoms with Crippen LogP contribution in [-0.2, 0) is 13.0 Å². The molecule has 4 nitrogen and oxygen atoms in total. The molecule has 0 amide bonds. The van der Waals surface area contributed by atoms with Crippen LogP contribution in [0.4, 0.5) is 4.39 Å². The first-order valence-corrected chi connectivity index (χ1v) is 7.28. The number of halogens is 2. The average Bonchev–Trinajstić information content (AvgIpc) is 2.54. The van der Waals surface area contributed by atoms with Gasteiger partial charge in [0, 0.05) is 32.0 Å². The van der Waals surface area contributed by atoms with Crippen molar-refractivity contribution in [3.63, 3.8) is 0 Å². The minimum atomic E-state index is -0.224. The van der Waals surface area contributed by atoms with E-state index in [9.17, 15) is 4.39 Å². The highest BCUT2D eigenvalue weighted by atomic mass is 127. The molecule has 0 radical (unpaired) electrons. The summed E-state index contributed by atoms with van der Waals surface area (Å²) in [7, 11) is 1.73. The SMILES string of the molecule is CN=C(NCCc1ccc(C)nc1)NCc1ccc(F)cc1.I. The third-order valence-electron chi connectivity index (χ3n) is 3.28. The Morgan fingerprint density at radius 3 is 2.39 bits per heavy atom. The van der Waals surface area contributed by atoms with E-state index >= 15 is 0 Å². The molecule has 0 saturated carbocycles. The van der Waals surface area contributed by atoms with Gasteiger partial charge in [-0.1, -0.05) is 18.2 Å². The van der Waals surface area contributed by atoms with Crippen LogP contribution in [0.5, 0.6) is 0 Å². The van der Waals surface area contributed by atoms with Gasteiger partial charge >= 0.3 is 0 Å². The van der Waals surface area contributed by atoms with Gasteiger partial charge in [-0.15, -0.1) is 24.0 Å². The van der Waals surface area contributed by atoms with E-state index in [1.54, 1.807) is 19.2 Å². The molecule has 0 fully saturated rings. The van der Waals surface area contributed by atoms with Crippen molar-refractivity contribution in [1.29, 1.82) is 0 Å². The minimum Gasteiger partial charge on any atom is -0.356 e. The van der Waals surface area contributed by atoms with Gasteiger partial charge < -0.3 is 10.6 Å². The molecule has 0 aliphatic carbocycles. The number of aryl methyl sites for hydroxylation is 1. The van der Waals surface area contributed by atoms with Gasteiger partial charge in [-0.25, -0.2) is 4.39 Å². The average molecular weight is 428 g/mol. The molecule has 0 bridgehead atoms. The Kier molecular flexibility index (Phi) is 8.53. The van der Waals surface area contributed by atoms with Gasteiger partial charge in [0.15, 0.2) is 5.96 Å². The van der Waals surface area contributed by atoms with Crippen molar-refractivity contribution in [2.24, 2.45) is 4.99 Å². The van der Waals surface area contributed by atoms with Crippen LogP contribution in [0.25, 0.3) is 0 Å². The number of rotatable bonds is 5. The maximum atomic E-state index is 12.8. The summed E-state index contributed by atoms with van der Waals surface area (Å²) in [6, 6.07) is 10.5. The monoisotopic (exact) mass is 428 g/mol. The lowest BCUT2D eigenvalue weighted by Crippen LogP contribution is -2.37. The summed E-state index contributed by atoms with van der Waals surface area (Å²) < 4.78 is 12.8. The van der Waals surface area contributed by atoms with Gasteiger partial charge in [-0.3, -0.25) is 9.98 Å². The second kappa shape index (κ2) is 10.1. The van der Waals surface area contributed by atoms with Crippen molar-refractivity contribution in [2.75, 3.05) is 13.6 Å². The highest BCUT2D eigenvalue weighted by Gasteiger charge is 1.99. The molecule has 0 spiro atoms. The van der Waals surface area contributed by atoms with Crippen molar-refractivity contribution in [3.05, 3.63) is 65.2 Å². The zero-order chi connectivity index (χ0) is 15.8. The lowest BCUT2D eigenvalue weighted by molar-refractivity contribution is 0.626. The zero-order valence-corrected chi connectivity index (χ0v) is 15.7. The summed E-state index contributed by atoms with van der Waals surface area (Å²) in [5, 5.41) is 6.45. The first-order valence-electron chi connectivity index (χ1n) is 7.28. The Bertz CT molecular complexity index is 611. The number of aromatic nitrogens is 1. The molecular weight excluding hydrogens is 406 g/mol. The fraction of sp³-hybridized carbons (Fsp3) is 0.294. The van der Waals surface area contributed by atoms with Gasteiger partial charge in [0.1, 0.15) is 5.82 Å². The molecule has 124 valence electrons. The van der Waals surface area contributed by atoms with E-state index in [1.165, 1.54) is 17.7 Å². The molecular formula is C17H22FIN4. The van der Waals surface area contributed by atoms with Crippen LogP contribution in [0.2, 0.25) is 0 Å². The number of hydrogen-bond acceptors (Lipinski definition) is 2. The topological polar surface area (TPSA) is 49.3 Å². The van der Waals surface area contributed by atoms with Gasteiger partial charge in [0.2, 0.25) is 0 Å². The Balaban J connectivity index is 0.00000264. The summed E-state index contributed by atoms with van der Waals surface area (Å²) in [5.41, 5.74) is 3.22. The van der Waals surface area contributed by atoms with Gasteiger partial charge in [0.25, 0.3) is 0 Å². The largest absolute Gasteiger partial charge is 0.356 e. The molecule has 0 aliphatic heterocycles. The minimum absolute atomic E-state index is 0. The fourth-order valence-electron chi connectivity index (χ4n) is 1.98. The van der Waals surface area contributed by atoms with Gasteiger partial charge in [0.05, 0.1) is 0 Å². The van der Waals surface area contributed by atoms with Crippen LogP contribution in [-0.4, -0.2) is 24.5 Å². The zero-order valence-electron chi connectivity index (χ0n) is 13.3. The van der Waals surface area contributed by atoms with E-state index < -0.39 is 0 Å². The predicted octanol–water partition coefficient (Wildman–Crippen LogP) is 3.05. The van der Waals surface area contributed by atoms with Crippen LogP contribution in [0.3, 0.4) is 0 Å². The molecule has 1 aromatic carbocycles. The van der Waals surface area contributed by atoms with Crippen molar-refractivity contribution in [1.82, 2.24) is 15.6 Å². The standard InChI is InChI=1S/C17H21FN4.HI/c1-13-3-4-15(11-21-13)9-10-20-17(19-2)22-12-14-5-7-16(18)8-6-14;/h3-8,11H,9-10,12H2,1-2H3,(H2,19,20,22);1H. The van der Waals surface area contributed by atoms with E-state index in [0.717, 1.165) is 30.2 Å². The molecule has 2 aromatic rings. The second-order valence-electron chi connectivity index (χ2n) is 5.04. The molecule has 0 unspecified atom stereocenters. The van der Waals surface area contributed by atoms with Crippen LogP contribution in [0.1, 0.15) is 16.8 Å². The van der Waals surface area contributed by atoms with Crippen LogP contribution >= 0.6 is 24.0 Å². The summed E-state index contributed by atoms with van der Waals surface area (Å²) in [5.74, 6) is 0.502. The van der Waals surface area contributed by atoms with Gasteiger partial charge in [-0.2, -0.15) is 0 Å². The quantitative estimate of drug-likeness (QED) is 0.438. The van der Waals surface area contributed by atoms with E-state index in [2.05, 4.69) is 26.7 Å². The van der Waals surface area contributed by atoms with Crippen LogP contribution in [0, 0.1) is 12.7 Å². The molecule has 1 aromatic heterocycles. The van der Waals surface area contributed by atoms with Crippen molar-refractivity contribution >= 4 is 29.9 Å². The van der Waals surface area contributed by atoms with Gasteiger partial charge in [-0.05, 0) is 42.7 Å². The molecule has 2 N–H and O–H groups in total. The van der Waals surface area contributed by atoms with E-state index in [0.29, 0.717) is 6.54 Å². The predicted molar refractivity (Wildman–Crippen MR) is 103 cm³/mol. The Labute approximate surface area is 153 Å². The first kappa shape index (κ1) is 19.3. The Morgan fingerprint density at radius 2 is 1.78 bits per heavy atom. The molecule has 0 saturated heterocycles. The molecule has 0 atom stereocenters. The molecule has 2 rings (SSSR count). The summed E-state index contributed by atoms with van der Waals surface area (Å²) in [6.45, 7) is 3.35. The number of guanidine groups is 1. The van der Waals surface area contributed by atoms with E-state index in [4.69, 9.17) is 0 Å².